The van der Waals surface area contributed by atoms with Crippen molar-refractivity contribution in [2.75, 3.05) is 24.2 Å². The summed E-state index contributed by atoms with van der Waals surface area (Å²) < 4.78 is 98.1. The molecule has 0 radical (unpaired) electrons. The fourth-order valence-corrected chi connectivity index (χ4v) is 4.18. The minimum atomic E-state index is -5.41. The van der Waals surface area contributed by atoms with Crippen molar-refractivity contribution < 1.29 is 39.6 Å². The van der Waals surface area contributed by atoms with Crippen molar-refractivity contribution >= 4 is 27.1 Å². The smallest absolute Gasteiger partial charge is 0.343 e. The molecule has 1 amide bonds. The van der Waals surface area contributed by atoms with E-state index in [0.29, 0.717) is 23.4 Å². The van der Waals surface area contributed by atoms with Crippen LogP contribution < -0.4 is 4.90 Å². The first kappa shape index (κ1) is 24.8. The zero-order valence-electron chi connectivity index (χ0n) is 17.2. The van der Waals surface area contributed by atoms with Crippen molar-refractivity contribution in [3.63, 3.8) is 0 Å². The first-order valence-electron chi connectivity index (χ1n) is 9.65. The van der Waals surface area contributed by atoms with Gasteiger partial charge in [0.05, 0.1) is 17.6 Å². The van der Waals surface area contributed by atoms with Gasteiger partial charge in [0.2, 0.25) is 15.7 Å². The standard InChI is InChI=1S/C20H19F6N3O3S/c1-28(14-5-6-17(27-11-14)19(21,22)23)16-4-2-3-13-12-29(9-7-15(13)16)18(30)8-10-33(31,32)20(24,25)26/h2-6,11H,7-10,12H2,1H3. The number of nitrogens with zero attached hydrogens (tertiary/aromatic N) is 3. The predicted octanol–water partition coefficient (Wildman–Crippen LogP) is 4.08. The van der Waals surface area contributed by atoms with E-state index < -0.39 is 45.3 Å². The first-order chi connectivity index (χ1) is 15.2. The Morgan fingerprint density at radius 1 is 1.12 bits per heavy atom. The van der Waals surface area contributed by atoms with E-state index in [2.05, 4.69) is 4.98 Å². The highest BCUT2D eigenvalue weighted by Crippen LogP contribution is 2.34. The Kier molecular flexibility index (Phi) is 6.65. The van der Waals surface area contributed by atoms with Crippen molar-refractivity contribution in [1.29, 1.82) is 0 Å². The molecule has 0 aliphatic carbocycles. The van der Waals surface area contributed by atoms with E-state index in [0.717, 1.165) is 17.8 Å². The number of hydrogen-bond acceptors (Lipinski definition) is 5. The number of carbonyl (C=O) groups is 1. The molecule has 1 aromatic carbocycles. The Morgan fingerprint density at radius 2 is 1.82 bits per heavy atom. The lowest BCUT2D eigenvalue weighted by Gasteiger charge is -2.32. The molecule has 2 aromatic rings. The zero-order valence-corrected chi connectivity index (χ0v) is 18.1. The number of hydrogen-bond donors (Lipinski definition) is 0. The average molecular weight is 495 g/mol. The fourth-order valence-electron chi connectivity index (χ4n) is 3.50. The van der Waals surface area contributed by atoms with E-state index in [9.17, 15) is 39.6 Å². The van der Waals surface area contributed by atoms with Crippen LogP contribution >= 0.6 is 0 Å². The van der Waals surface area contributed by atoms with E-state index in [4.69, 9.17) is 0 Å². The molecule has 33 heavy (non-hydrogen) atoms. The molecule has 0 saturated carbocycles. The van der Waals surface area contributed by atoms with Gasteiger partial charge in [-0.1, -0.05) is 12.1 Å². The molecule has 13 heteroatoms. The van der Waals surface area contributed by atoms with Gasteiger partial charge in [0.25, 0.3) is 0 Å². The van der Waals surface area contributed by atoms with Gasteiger partial charge in [-0.2, -0.15) is 26.3 Å². The highest BCUT2D eigenvalue weighted by molar-refractivity contribution is 7.92. The molecule has 0 bridgehead atoms. The van der Waals surface area contributed by atoms with Crippen LogP contribution in [0.25, 0.3) is 0 Å². The summed E-state index contributed by atoms with van der Waals surface area (Å²) in [5.74, 6) is -2.03. The minimum absolute atomic E-state index is 0.0766. The van der Waals surface area contributed by atoms with Gasteiger partial charge in [0.1, 0.15) is 5.69 Å². The van der Waals surface area contributed by atoms with Crippen molar-refractivity contribution in [3.8, 4) is 0 Å². The summed E-state index contributed by atoms with van der Waals surface area (Å²) in [7, 11) is -3.73. The number of halogens is 6. The summed E-state index contributed by atoms with van der Waals surface area (Å²) in [6.07, 6.45) is -3.91. The number of rotatable bonds is 5. The van der Waals surface area contributed by atoms with Crippen LogP contribution in [-0.4, -0.2) is 49.1 Å². The summed E-state index contributed by atoms with van der Waals surface area (Å²) in [5.41, 5.74) is -3.80. The van der Waals surface area contributed by atoms with Crippen molar-refractivity contribution in [3.05, 3.63) is 53.3 Å². The van der Waals surface area contributed by atoms with Crippen LogP contribution in [0.4, 0.5) is 37.7 Å². The number of aromatic nitrogens is 1. The lowest BCUT2D eigenvalue weighted by Crippen LogP contribution is -2.38. The summed E-state index contributed by atoms with van der Waals surface area (Å²) in [6.45, 7) is 0.237. The molecule has 0 N–H and O–H groups in total. The number of sulfone groups is 1. The zero-order chi connectivity index (χ0) is 24.6. The largest absolute Gasteiger partial charge is 0.497 e. The molecule has 180 valence electrons. The van der Waals surface area contributed by atoms with Gasteiger partial charge >= 0.3 is 11.7 Å². The van der Waals surface area contributed by atoms with Crippen molar-refractivity contribution in [2.24, 2.45) is 0 Å². The van der Waals surface area contributed by atoms with Gasteiger partial charge in [0, 0.05) is 32.2 Å². The Morgan fingerprint density at radius 3 is 2.39 bits per heavy atom. The minimum Gasteiger partial charge on any atom is -0.343 e. The third-order valence-corrected chi connectivity index (χ3v) is 6.77. The van der Waals surface area contributed by atoms with Crippen molar-refractivity contribution in [1.82, 2.24) is 9.88 Å². The van der Waals surface area contributed by atoms with Gasteiger partial charge in [0.15, 0.2) is 0 Å². The normalized spacial score (nSPS) is 14.7. The van der Waals surface area contributed by atoms with Crippen LogP contribution in [-0.2, 0) is 33.8 Å². The Labute approximate surface area is 185 Å². The molecule has 0 fully saturated rings. The van der Waals surface area contributed by atoms with Crippen LogP contribution in [0, 0.1) is 0 Å². The molecule has 6 nitrogen and oxygen atoms in total. The monoisotopic (exact) mass is 495 g/mol. The van der Waals surface area contributed by atoms with Crippen LogP contribution in [0.5, 0.6) is 0 Å². The number of fused-ring (bicyclic) bond motifs is 1. The quantitative estimate of drug-likeness (QED) is 0.585. The third kappa shape index (κ3) is 5.40. The van der Waals surface area contributed by atoms with Gasteiger partial charge in [-0.15, -0.1) is 0 Å². The summed E-state index contributed by atoms with van der Waals surface area (Å²) in [5, 5.41) is 0. The first-order valence-corrected chi connectivity index (χ1v) is 11.3. The molecule has 3 rings (SSSR count). The second-order valence-corrected chi connectivity index (χ2v) is 9.55. The molecule has 0 saturated heterocycles. The topological polar surface area (TPSA) is 70.6 Å². The Hall–Kier alpha value is -2.83. The molecular formula is C20H19F6N3O3S. The lowest BCUT2D eigenvalue weighted by atomic mass is 9.97. The predicted molar refractivity (Wildman–Crippen MR) is 107 cm³/mol. The van der Waals surface area contributed by atoms with E-state index in [-0.39, 0.29) is 13.1 Å². The molecule has 0 unspecified atom stereocenters. The number of carbonyl (C=O) groups excluding carboxylic acids is 1. The van der Waals surface area contributed by atoms with Crippen LogP contribution in [0.15, 0.2) is 36.5 Å². The molecule has 1 aliphatic heterocycles. The molecule has 2 heterocycles. The van der Waals surface area contributed by atoms with Crippen molar-refractivity contribution in [2.45, 2.75) is 31.1 Å². The number of anilines is 2. The summed E-state index contributed by atoms with van der Waals surface area (Å²) in [6, 6.07) is 7.32. The third-order valence-electron chi connectivity index (χ3n) is 5.32. The average Bonchev–Trinajstić information content (AvgIpc) is 2.75. The lowest BCUT2D eigenvalue weighted by molar-refractivity contribution is -0.141. The Bertz CT molecular complexity index is 1130. The number of benzene rings is 1. The summed E-state index contributed by atoms with van der Waals surface area (Å²) in [4.78, 5) is 18.7. The van der Waals surface area contributed by atoms with Crippen LogP contribution in [0.2, 0.25) is 0 Å². The number of pyridine rings is 1. The Balaban J connectivity index is 1.74. The molecule has 0 spiro atoms. The van der Waals surface area contributed by atoms with E-state index in [1.807, 2.05) is 0 Å². The van der Waals surface area contributed by atoms with Gasteiger partial charge in [-0.3, -0.25) is 4.79 Å². The number of amides is 1. The highest BCUT2D eigenvalue weighted by Gasteiger charge is 2.45. The van der Waals surface area contributed by atoms with Crippen LogP contribution in [0.3, 0.4) is 0 Å². The second-order valence-electron chi connectivity index (χ2n) is 7.45. The maximum Gasteiger partial charge on any atom is 0.497 e. The van der Waals surface area contributed by atoms with Gasteiger partial charge in [-0.05, 0) is 35.7 Å². The highest BCUT2D eigenvalue weighted by atomic mass is 32.2. The maximum absolute atomic E-state index is 12.8. The number of alkyl halides is 6. The molecule has 1 aliphatic rings. The molecule has 0 atom stereocenters. The van der Waals surface area contributed by atoms with E-state index in [1.54, 1.807) is 30.1 Å². The van der Waals surface area contributed by atoms with Gasteiger partial charge < -0.3 is 9.80 Å². The molecule has 1 aromatic heterocycles. The second kappa shape index (κ2) is 8.84. The fraction of sp³-hybridized carbons (Fsp3) is 0.400. The maximum atomic E-state index is 12.8. The van der Waals surface area contributed by atoms with Crippen LogP contribution in [0.1, 0.15) is 23.2 Å². The SMILES string of the molecule is CN(c1ccc(C(F)(F)F)nc1)c1cccc2c1CCN(C(=O)CCS(=O)(=O)C(F)(F)F)C2. The van der Waals surface area contributed by atoms with Gasteiger partial charge in [-0.25, -0.2) is 13.4 Å². The van der Waals surface area contributed by atoms with E-state index >= 15 is 0 Å². The van der Waals surface area contributed by atoms with E-state index in [1.165, 1.54) is 11.0 Å². The summed E-state index contributed by atoms with van der Waals surface area (Å²) >= 11 is 0. The molecular weight excluding hydrogens is 476 g/mol.